The van der Waals surface area contributed by atoms with Crippen molar-refractivity contribution in [3.63, 3.8) is 0 Å². The Hall–Kier alpha value is -1.14. The van der Waals surface area contributed by atoms with Crippen LogP contribution >= 0.6 is 11.3 Å². The number of rotatable bonds is 6. The van der Waals surface area contributed by atoms with Crippen molar-refractivity contribution >= 4 is 17.4 Å². The molecule has 20 heavy (non-hydrogen) atoms. The third-order valence-corrected chi connectivity index (χ3v) is 3.91. The molecule has 1 atom stereocenters. The van der Waals surface area contributed by atoms with E-state index in [4.69, 9.17) is 0 Å². The van der Waals surface area contributed by atoms with Gasteiger partial charge in [-0.3, -0.25) is 0 Å². The van der Waals surface area contributed by atoms with Crippen LogP contribution in [0, 0.1) is 5.41 Å². The summed E-state index contributed by atoms with van der Waals surface area (Å²) in [6.45, 7) is 8.69. The van der Waals surface area contributed by atoms with E-state index in [1.54, 1.807) is 11.3 Å². The molecule has 0 radical (unpaired) electrons. The van der Waals surface area contributed by atoms with Crippen LogP contribution in [0.2, 0.25) is 0 Å². The number of aliphatic hydroxyl groups excluding tert-OH is 1. The van der Waals surface area contributed by atoms with E-state index in [0.717, 1.165) is 17.8 Å². The fourth-order valence-electron chi connectivity index (χ4n) is 1.89. The fraction of sp³-hybridized carbons (Fsp3) is 0.714. The van der Waals surface area contributed by atoms with Crippen molar-refractivity contribution in [1.82, 2.24) is 15.6 Å². The Morgan fingerprint density at radius 2 is 2.20 bits per heavy atom. The Kier molecular flexibility index (Phi) is 6.42. The van der Waals surface area contributed by atoms with Gasteiger partial charge in [0.2, 0.25) is 0 Å². The normalized spacial score (nSPS) is 13.1. The van der Waals surface area contributed by atoms with E-state index in [-0.39, 0.29) is 24.1 Å². The quantitative estimate of drug-likeness (QED) is 0.754. The number of carbonyl (C=O) groups is 1. The zero-order valence-electron chi connectivity index (χ0n) is 12.7. The summed E-state index contributed by atoms with van der Waals surface area (Å²) in [6.07, 6.45) is 3.53. The first-order valence-electron chi connectivity index (χ1n) is 6.93. The lowest BCUT2D eigenvalue weighted by molar-refractivity contribution is 0.190. The second-order valence-corrected chi connectivity index (χ2v) is 7.24. The monoisotopic (exact) mass is 299 g/mol. The molecule has 114 valence electrons. The molecule has 1 rings (SSSR count). The molecule has 2 amide bonds. The number of hydrogen-bond acceptors (Lipinski definition) is 4. The topological polar surface area (TPSA) is 74.2 Å². The highest BCUT2D eigenvalue weighted by Gasteiger charge is 2.19. The van der Waals surface area contributed by atoms with E-state index >= 15 is 0 Å². The molecule has 0 spiro atoms. The molecule has 0 saturated carbocycles. The van der Waals surface area contributed by atoms with Crippen LogP contribution in [0.3, 0.4) is 0 Å². The van der Waals surface area contributed by atoms with Gasteiger partial charge in [-0.25, -0.2) is 9.78 Å². The Bertz CT molecular complexity index is 426. The highest BCUT2D eigenvalue weighted by molar-refractivity contribution is 7.11. The number of hydrogen-bond donors (Lipinski definition) is 3. The molecule has 0 aliphatic rings. The van der Waals surface area contributed by atoms with Crippen LogP contribution in [0.5, 0.6) is 0 Å². The van der Waals surface area contributed by atoms with Gasteiger partial charge in [-0.05, 0) is 18.3 Å². The fourth-order valence-corrected chi connectivity index (χ4v) is 2.69. The summed E-state index contributed by atoms with van der Waals surface area (Å²) in [5.41, 5.74) is 0.0615. The summed E-state index contributed by atoms with van der Waals surface area (Å²) < 4.78 is 0. The summed E-state index contributed by atoms with van der Waals surface area (Å²) in [4.78, 5) is 17.2. The molecule has 1 heterocycles. The van der Waals surface area contributed by atoms with Gasteiger partial charge in [0.25, 0.3) is 0 Å². The molecular formula is C14H25N3O2S. The number of nitrogens with one attached hydrogen (secondary N) is 2. The number of aryl methyl sites for hydroxylation is 1. The van der Waals surface area contributed by atoms with E-state index in [9.17, 15) is 9.90 Å². The van der Waals surface area contributed by atoms with Crippen LogP contribution in [0.25, 0.3) is 0 Å². The van der Waals surface area contributed by atoms with Crippen LogP contribution in [0.15, 0.2) is 6.20 Å². The van der Waals surface area contributed by atoms with E-state index in [1.807, 2.05) is 6.20 Å². The SMILES string of the molecule is CCc1cnc(CNC(=O)NC(CO)CC(C)(C)C)s1. The molecule has 0 aliphatic carbocycles. The third-order valence-electron chi connectivity index (χ3n) is 2.76. The minimum atomic E-state index is -0.262. The lowest BCUT2D eigenvalue weighted by Gasteiger charge is -2.25. The Morgan fingerprint density at radius 3 is 2.70 bits per heavy atom. The van der Waals surface area contributed by atoms with Crippen molar-refractivity contribution in [1.29, 1.82) is 0 Å². The predicted molar refractivity (Wildman–Crippen MR) is 81.8 cm³/mol. The first-order valence-corrected chi connectivity index (χ1v) is 7.74. The molecule has 1 aromatic rings. The van der Waals surface area contributed by atoms with Gasteiger partial charge in [0.05, 0.1) is 19.2 Å². The van der Waals surface area contributed by atoms with Crippen molar-refractivity contribution in [2.24, 2.45) is 5.41 Å². The molecule has 0 aromatic carbocycles. The summed E-state index contributed by atoms with van der Waals surface area (Å²) in [5, 5.41) is 15.8. The van der Waals surface area contributed by atoms with Gasteiger partial charge in [-0.15, -0.1) is 11.3 Å². The highest BCUT2D eigenvalue weighted by Crippen LogP contribution is 2.20. The molecule has 1 aromatic heterocycles. The van der Waals surface area contributed by atoms with Gasteiger partial charge in [-0.1, -0.05) is 27.7 Å². The van der Waals surface area contributed by atoms with Crippen molar-refractivity contribution in [2.75, 3.05) is 6.61 Å². The first kappa shape index (κ1) is 16.9. The lowest BCUT2D eigenvalue weighted by Crippen LogP contribution is -2.45. The van der Waals surface area contributed by atoms with Crippen molar-refractivity contribution < 1.29 is 9.90 Å². The zero-order valence-corrected chi connectivity index (χ0v) is 13.5. The van der Waals surface area contributed by atoms with Crippen LogP contribution in [0.1, 0.15) is 44.0 Å². The largest absolute Gasteiger partial charge is 0.394 e. The molecular weight excluding hydrogens is 274 g/mol. The van der Waals surface area contributed by atoms with Gasteiger partial charge in [0.1, 0.15) is 5.01 Å². The average molecular weight is 299 g/mol. The molecule has 0 saturated heterocycles. The number of aliphatic hydroxyl groups is 1. The van der Waals surface area contributed by atoms with Gasteiger partial charge < -0.3 is 15.7 Å². The highest BCUT2D eigenvalue weighted by atomic mass is 32.1. The van der Waals surface area contributed by atoms with Crippen LogP contribution in [-0.4, -0.2) is 28.8 Å². The molecule has 6 heteroatoms. The Morgan fingerprint density at radius 1 is 1.50 bits per heavy atom. The van der Waals surface area contributed by atoms with Crippen molar-refractivity contribution in [3.8, 4) is 0 Å². The van der Waals surface area contributed by atoms with E-state index in [2.05, 4.69) is 43.3 Å². The van der Waals surface area contributed by atoms with Crippen molar-refractivity contribution in [2.45, 2.75) is 53.1 Å². The summed E-state index contributed by atoms with van der Waals surface area (Å²) in [5.74, 6) is 0. The van der Waals surface area contributed by atoms with Crippen LogP contribution < -0.4 is 10.6 Å². The summed E-state index contributed by atoms with van der Waals surface area (Å²) in [7, 11) is 0. The predicted octanol–water partition coefficient (Wildman–Crippen LogP) is 2.30. The minimum absolute atomic E-state index is 0.0536. The molecule has 5 nitrogen and oxygen atoms in total. The summed E-state index contributed by atoms with van der Waals surface area (Å²) >= 11 is 1.61. The second-order valence-electron chi connectivity index (χ2n) is 6.05. The number of urea groups is 1. The van der Waals surface area contributed by atoms with Crippen molar-refractivity contribution in [3.05, 3.63) is 16.1 Å². The number of carbonyl (C=O) groups excluding carboxylic acids is 1. The Balaban J connectivity index is 2.38. The van der Waals surface area contributed by atoms with Gasteiger partial charge in [0.15, 0.2) is 0 Å². The molecule has 3 N–H and O–H groups in total. The number of nitrogens with zero attached hydrogens (tertiary/aromatic N) is 1. The summed E-state index contributed by atoms with van der Waals surface area (Å²) in [6, 6.07) is -0.487. The minimum Gasteiger partial charge on any atom is -0.394 e. The van der Waals surface area contributed by atoms with Crippen LogP contribution in [-0.2, 0) is 13.0 Å². The van der Waals surface area contributed by atoms with E-state index in [0.29, 0.717) is 6.54 Å². The second kappa shape index (κ2) is 7.59. The van der Waals surface area contributed by atoms with Gasteiger partial charge >= 0.3 is 6.03 Å². The molecule has 0 fully saturated rings. The Labute approximate surface area is 124 Å². The lowest BCUT2D eigenvalue weighted by atomic mass is 9.88. The smallest absolute Gasteiger partial charge is 0.315 e. The standard InChI is InChI=1S/C14H25N3O2S/c1-5-11-7-15-12(20-11)8-16-13(19)17-10(9-18)6-14(2,3)4/h7,10,18H,5-6,8-9H2,1-4H3,(H2,16,17,19). The number of thiazole rings is 1. The maximum Gasteiger partial charge on any atom is 0.315 e. The number of amides is 2. The average Bonchev–Trinajstić information content (AvgIpc) is 2.82. The molecule has 1 unspecified atom stereocenters. The van der Waals surface area contributed by atoms with Gasteiger partial charge in [0, 0.05) is 11.1 Å². The van der Waals surface area contributed by atoms with Crippen LogP contribution in [0.4, 0.5) is 4.79 Å². The third kappa shape index (κ3) is 6.34. The first-order chi connectivity index (χ1) is 9.34. The van der Waals surface area contributed by atoms with E-state index < -0.39 is 0 Å². The number of aromatic nitrogens is 1. The maximum absolute atomic E-state index is 11.8. The van der Waals surface area contributed by atoms with Gasteiger partial charge in [-0.2, -0.15) is 0 Å². The zero-order chi connectivity index (χ0) is 15.2. The maximum atomic E-state index is 11.8. The molecule has 0 aliphatic heterocycles. The molecule has 0 bridgehead atoms. The van der Waals surface area contributed by atoms with E-state index in [1.165, 1.54) is 4.88 Å².